The van der Waals surface area contributed by atoms with Gasteiger partial charge >= 0.3 is 0 Å². The van der Waals surface area contributed by atoms with Crippen molar-refractivity contribution in [3.8, 4) is 0 Å². The van der Waals surface area contributed by atoms with E-state index < -0.39 is 0 Å². The summed E-state index contributed by atoms with van der Waals surface area (Å²) in [4.78, 5) is 3.44. The van der Waals surface area contributed by atoms with Gasteiger partial charge in [0.15, 0.2) is 0 Å². The summed E-state index contributed by atoms with van der Waals surface area (Å²) in [6.45, 7) is 3.10. The quantitative estimate of drug-likeness (QED) is 0.771. The third-order valence-electron chi connectivity index (χ3n) is 5.13. The van der Waals surface area contributed by atoms with Crippen molar-refractivity contribution in [3.63, 3.8) is 0 Å². The largest absolute Gasteiger partial charge is 0.481 e. The van der Waals surface area contributed by atoms with Crippen LogP contribution in [0.4, 0.5) is 0 Å². The molecule has 2 heterocycles. The van der Waals surface area contributed by atoms with Crippen molar-refractivity contribution in [3.05, 3.63) is 35.0 Å². The first-order valence-electron chi connectivity index (χ1n) is 8.04. The van der Waals surface area contributed by atoms with E-state index in [0.29, 0.717) is 11.7 Å². The highest BCUT2D eigenvalue weighted by molar-refractivity contribution is 7.80. The number of aromatic nitrogens is 1. The van der Waals surface area contributed by atoms with Gasteiger partial charge in [-0.1, -0.05) is 25.8 Å². The van der Waals surface area contributed by atoms with E-state index in [1.165, 1.54) is 47.7 Å². The fourth-order valence-corrected chi connectivity index (χ4v) is 4.27. The molecule has 4 rings (SSSR count). The standard InChI is InChI=1S/C18H21NOS/c1-11-3-2-4-12(9-11)13-5-6-16-15(10-13)14-7-8-20-18(21)17(14)19-16/h5-6,10-12,19H,2-4,7-9H2,1H3. The Kier molecular flexibility index (Phi) is 3.26. The van der Waals surface area contributed by atoms with E-state index in [2.05, 4.69) is 30.1 Å². The Morgan fingerprint density at radius 2 is 2.19 bits per heavy atom. The van der Waals surface area contributed by atoms with Gasteiger partial charge in [-0.15, -0.1) is 0 Å². The maximum absolute atomic E-state index is 5.49. The molecule has 1 N–H and O–H groups in total. The number of hydrogen-bond acceptors (Lipinski definition) is 2. The minimum Gasteiger partial charge on any atom is -0.481 e. The molecule has 21 heavy (non-hydrogen) atoms. The number of ether oxygens (including phenoxy) is 1. The third kappa shape index (κ3) is 2.28. The molecule has 0 bridgehead atoms. The zero-order chi connectivity index (χ0) is 14.4. The Labute approximate surface area is 130 Å². The van der Waals surface area contributed by atoms with Crippen molar-refractivity contribution < 1.29 is 4.74 Å². The highest BCUT2D eigenvalue weighted by Crippen LogP contribution is 2.38. The topological polar surface area (TPSA) is 25.0 Å². The minimum atomic E-state index is 0.625. The van der Waals surface area contributed by atoms with Gasteiger partial charge in [-0.3, -0.25) is 0 Å². The molecule has 1 fully saturated rings. The molecule has 2 unspecified atom stereocenters. The molecule has 110 valence electrons. The van der Waals surface area contributed by atoms with Crippen LogP contribution in [0.2, 0.25) is 0 Å². The van der Waals surface area contributed by atoms with Crippen molar-refractivity contribution in [2.45, 2.75) is 44.9 Å². The van der Waals surface area contributed by atoms with Crippen LogP contribution in [0.25, 0.3) is 10.9 Å². The number of benzene rings is 1. The summed E-state index contributed by atoms with van der Waals surface area (Å²) in [6, 6.07) is 6.93. The second-order valence-corrected chi connectivity index (χ2v) is 7.01. The van der Waals surface area contributed by atoms with Crippen LogP contribution in [-0.2, 0) is 11.2 Å². The molecule has 1 aromatic heterocycles. The number of aromatic amines is 1. The smallest absolute Gasteiger partial charge is 0.208 e. The second-order valence-electron chi connectivity index (χ2n) is 6.64. The van der Waals surface area contributed by atoms with Crippen LogP contribution in [0.1, 0.15) is 55.3 Å². The first-order chi connectivity index (χ1) is 10.2. The summed E-state index contributed by atoms with van der Waals surface area (Å²) in [7, 11) is 0. The number of thiocarbonyl (C=S) groups is 1. The summed E-state index contributed by atoms with van der Waals surface area (Å²) in [5.74, 6) is 1.59. The van der Waals surface area contributed by atoms with E-state index in [1.54, 1.807) is 0 Å². The van der Waals surface area contributed by atoms with Gasteiger partial charge in [0.1, 0.15) is 0 Å². The maximum Gasteiger partial charge on any atom is 0.208 e. The average Bonchev–Trinajstić information content (AvgIpc) is 2.87. The van der Waals surface area contributed by atoms with Gasteiger partial charge in [-0.25, -0.2) is 0 Å². The average molecular weight is 299 g/mol. The van der Waals surface area contributed by atoms with E-state index in [1.807, 2.05) is 0 Å². The number of nitrogens with one attached hydrogen (secondary N) is 1. The van der Waals surface area contributed by atoms with Crippen molar-refractivity contribution in [1.29, 1.82) is 0 Å². The molecule has 2 atom stereocenters. The zero-order valence-corrected chi connectivity index (χ0v) is 13.3. The molecule has 1 saturated carbocycles. The van der Waals surface area contributed by atoms with Crippen molar-refractivity contribution >= 4 is 28.2 Å². The molecule has 1 aromatic carbocycles. The lowest BCUT2D eigenvalue weighted by molar-refractivity contribution is 0.308. The molecule has 2 aliphatic rings. The predicted octanol–water partition coefficient (Wildman–Crippen LogP) is 4.71. The Balaban J connectivity index is 1.77. The van der Waals surface area contributed by atoms with Crippen LogP contribution in [0.15, 0.2) is 18.2 Å². The first kappa shape index (κ1) is 13.3. The Morgan fingerprint density at radius 3 is 3.05 bits per heavy atom. The van der Waals surface area contributed by atoms with Gasteiger partial charge in [0, 0.05) is 17.3 Å². The molecule has 0 radical (unpaired) electrons. The van der Waals surface area contributed by atoms with E-state index in [-0.39, 0.29) is 0 Å². The molecule has 2 aromatic rings. The van der Waals surface area contributed by atoms with Crippen molar-refractivity contribution in [1.82, 2.24) is 4.98 Å². The van der Waals surface area contributed by atoms with Crippen LogP contribution in [0.5, 0.6) is 0 Å². The van der Waals surface area contributed by atoms with Gasteiger partial charge in [-0.2, -0.15) is 0 Å². The third-order valence-corrected chi connectivity index (χ3v) is 5.45. The van der Waals surface area contributed by atoms with E-state index in [0.717, 1.165) is 24.0 Å². The number of H-pyrrole nitrogens is 1. The monoisotopic (exact) mass is 299 g/mol. The number of fused-ring (bicyclic) bond motifs is 3. The second kappa shape index (κ2) is 5.13. The first-order valence-corrected chi connectivity index (χ1v) is 8.45. The van der Waals surface area contributed by atoms with Crippen molar-refractivity contribution in [2.24, 2.45) is 5.92 Å². The molecule has 0 saturated heterocycles. The van der Waals surface area contributed by atoms with Gasteiger partial charge in [0.25, 0.3) is 0 Å². The summed E-state index contributed by atoms with van der Waals surface area (Å²) in [5, 5.41) is 1.98. The predicted molar refractivity (Wildman–Crippen MR) is 90.0 cm³/mol. The maximum atomic E-state index is 5.49. The van der Waals surface area contributed by atoms with Gasteiger partial charge in [0.05, 0.1) is 12.3 Å². The molecule has 2 nitrogen and oxygen atoms in total. The molecular formula is C18H21NOS. The zero-order valence-electron chi connectivity index (χ0n) is 12.4. The fraction of sp³-hybridized carbons (Fsp3) is 0.500. The molecule has 0 spiro atoms. The highest BCUT2D eigenvalue weighted by atomic mass is 32.1. The normalized spacial score (nSPS) is 25.7. The SMILES string of the molecule is CC1CCCC(c2ccc3[nH]c4c(c3c2)CCOC4=S)C1. The fourth-order valence-electron chi connectivity index (χ4n) is 4.01. The Morgan fingerprint density at radius 1 is 1.29 bits per heavy atom. The lowest BCUT2D eigenvalue weighted by atomic mass is 9.78. The summed E-state index contributed by atoms with van der Waals surface area (Å²) >= 11 is 5.32. The van der Waals surface area contributed by atoms with Crippen molar-refractivity contribution in [2.75, 3.05) is 6.61 Å². The van der Waals surface area contributed by atoms with Gasteiger partial charge in [0.2, 0.25) is 5.05 Å². The Bertz CT molecular complexity index is 703. The number of hydrogen-bond donors (Lipinski definition) is 1. The van der Waals surface area contributed by atoms with Gasteiger partial charge < -0.3 is 9.72 Å². The van der Waals surface area contributed by atoms with Crippen LogP contribution in [0.3, 0.4) is 0 Å². The summed E-state index contributed by atoms with van der Waals surface area (Å²) < 4.78 is 5.49. The summed E-state index contributed by atoms with van der Waals surface area (Å²) in [5.41, 5.74) is 5.08. The van der Waals surface area contributed by atoms with E-state index >= 15 is 0 Å². The van der Waals surface area contributed by atoms with Crippen LogP contribution in [0, 0.1) is 5.92 Å². The molecule has 1 aliphatic heterocycles. The molecule has 3 heteroatoms. The van der Waals surface area contributed by atoms with Gasteiger partial charge in [-0.05, 0) is 60.2 Å². The Hall–Kier alpha value is -1.35. The van der Waals surface area contributed by atoms with Crippen LogP contribution < -0.4 is 0 Å². The minimum absolute atomic E-state index is 0.625. The van der Waals surface area contributed by atoms with E-state index in [9.17, 15) is 0 Å². The van der Waals surface area contributed by atoms with E-state index in [4.69, 9.17) is 17.0 Å². The highest BCUT2D eigenvalue weighted by Gasteiger charge is 2.23. The number of rotatable bonds is 1. The lowest BCUT2D eigenvalue weighted by Gasteiger charge is -2.27. The summed E-state index contributed by atoms with van der Waals surface area (Å²) in [6.07, 6.45) is 6.39. The molecule has 1 aliphatic carbocycles. The van der Waals surface area contributed by atoms with Crippen LogP contribution >= 0.6 is 12.2 Å². The lowest BCUT2D eigenvalue weighted by Crippen LogP contribution is -2.15. The molecule has 0 amide bonds. The molecular weight excluding hydrogens is 278 g/mol. The van der Waals surface area contributed by atoms with Crippen LogP contribution in [-0.4, -0.2) is 16.6 Å².